The van der Waals surface area contributed by atoms with Gasteiger partial charge in [0.05, 0.1) is 15.9 Å². The van der Waals surface area contributed by atoms with Crippen molar-refractivity contribution >= 4 is 33.4 Å². The van der Waals surface area contributed by atoms with Crippen LogP contribution in [-0.2, 0) is 24.1 Å². The van der Waals surface area contributed by atoms with Crippen molar-refractivity contribution in [3.05, 3.63) is 27.8 Å². The van der Waals surface area contributed by atoms with Gasteiger partial charge in [-0.2, -0.15) is 23.4 Å². The molecule has 0 atom stereocenters. The lowest BCUT2D eigenvalue weighted by Gasteiger charge is -2.06. The molecule has 0 fully saturated rings. The number of halogens is 4. The Morgan fingerprint density at radius 1 is 1.31 bits per heavy atom. The molecule has 2 heterocycles. The number of hydrogen-bond acceptors (Lipinski definition) is 4. The predicted molar refractivity (Wildman–Crippen MR) is 89.6 cm³/mol. The van der Waals surface area contributed by atoms with Crippen molar-refractivity contribution in [3.8, 4) is 0 Å². The smallest absolute Gasteiger partial charge is 0.354 e. The van der Waals surface area contributed by atoms with E-state index in [4.69, 9.17) is 0 Å². The van der Waals surface area contributed by atoms with Crippen LogP contribution in [0.15, 0.2) is 10.7 Å². The highest BCUT2D eigenvalue weighted by atomic mass is 79.9. The lowest BCUT2D eigenvalue weighted by molar-refractivity contribution is -0.142. The van der Waals surface area contributed by atoms with E-state index in [9.17, 15) is 22.8 Å². The minimum atomic E-state index is -4.64. The summed E-state index contributed by atoms with van der Waals surface area (Å²) in [6, 6.07) is 0. The topological polar surface area (TPSA) is 93.8 Å². The molecule has 0 aliphatic rings. The molecule has 2 aromatic rings. The molecule has 0 saturated heterocycles. The van der Waals surface area contributed by atoms with Crippen molar-refractivity contribution in [2.75, 3.05) is 12.4 Å². The maximum absolute atomic E-state index is 12.9. The third-order valence-electron chi connectivity index (χ3n) is 3.50. The summed E-state index contributed by atoms with van der Waals surface area (Å²) >= 11 is 2.84. The van der Waals surface area contributed by atoms with Crippen LogP contribution < -0.4 is 10.6 Å². The fourth-order valence-corrected chi connectivity index (χ4v) is 2.65. The molecule has 0 unspecified atom stereocenters. The first-order valence-corrected chi connectivity index (χ1v) is 8.27. The minimum Gasteiger partial charge on any atom is -0.354 e. The Labute approximate surface area is 154 Å². The molecule has 2 N–H and O–H groups in total. The fourth-order valence-electron chi connectivity index (χ4n) is 2.15. The predicted octanol–water partition coefficient (Wildman–Crippen LogP) is 2.19. The normalized spacial score (nSPS) is 11.5. The van der Waals surface area contributed by atoms with Gasteiger partial charge in [0.1, 0.15) is 6.54 Å². The van der Waals surface area contributed by atoms with Crippen molar-refractivity contribution < 1.29 is 22.8 Å². The molecule has 142 valence electrons. The van der Waals surface area contributed by atoms with Crippen LogP contribution in [0.4, 0.5) is 18.9 Å². The van der Waals surface area contributed by atoms with Gasteiger partial charge in [-0.25, -0.2) is 0 Å². The van der Waals surface area contributed by atoms with Gasteiger partial charge in [-0.3, -0.25) is 19.0 Å². The number of nitrogens with one attached hydrogen (secondary N) is 2. The van der Waals surface area contributed by atoms with Gasteiger partial charge in [0.25, 0.3) is 5.91 Å². The lowest BCUT2D eigenvalue weighted by Crippen LogP contribution is -2.24. The second-order valence-corrected chi connectivity index (χ2v) is 6.07. The number of aryl methyl sites for hydroxylation is 1. The average Bonchev–Trinajstić information content (AvgIpc) is 3.09. The molecule has 2 amide bonds. The molecule has 8 nitrogen and oxygen atoms in total. The molecule has 0 aliphatic heterocycles. The van der Waals surface area contributed by atoms with Gasteiger partial charge in [-0.15, -0.1) is 0 Å². The summed E-state index contributed by atoms with van der Waals surface area (Å²) in [4.78, 5) is 24.1. The van der Waals surface area contributed by atoms with E-state index in [2.05, 4.69) is 36.8 Å². The summed E-state index contributed by atoms with van der Waals surface area (Å²) in [7, 11) is 1.42. The molecule has 0 aromatic carbocycles. The van der Waals surface area contributed by atoms with Crippen molar-refractivity contribution in [3.63, 3.8) is 0 Å². The summed E-state index contributed by atoms with van der Waals surface area (Å²) in [6.07, 6.45) is -3.17. The van der Waals surface area contributed by atoms with E-state index >= 15 is 0 Å². The molecule has 26 heavy (non-hydrogen) atoms. The van der Waals surface area contributed by atoms with Crippen LogP contribution in [0.1, 0.15) is 28.8 Å². The largest absolute Gasteiger partial charge is 0.436 e. The van der Waals surface area contributed by atoms with Crippen LogP contribution in [0.3, 0.4) is 0 Å². The highest BCUT2D eigenvalue weighted by molar-refractivity contribution is 9.10. The summed E-state index contributed by atoms with van der Waals surface area (Å²) in [5.74, 6) is -1.14. The van der Waals surface area contributed by atoms with Gasteiger partial charge in [0, 0.05) is 19.8 Å². The van der Waals surface area contributed by atoms with Gasteiger partial charge in [-0.05, 0) is 29.8 Å². The zero-order chi connectivity index (χ0) is 19.6. The Kier molecular flexibility index (Phi) is 5.74. The molecule has 0 spiro atoms. The number of rotatable bonds is 5. The number of alkyl halides is 3. The summed E-state index contributed by atoms with van der Waals surface area (Å²) < 4.78 is 40.8. The Morgan fingerprint density at radius 3 is 2.46 bits per heavy atom. The number of carbonyl (C=O) groups is 2. The third-order valence-corrected chi connectivity index (χ3v) is 4.45. The summed E-state index contributed by atoms with van der Waals surface area (Å²) in [5.41, 5.74) is -0.774. The summed E-state index contributed by atoms with van der Waals surface area (Å²) in [5, 5.41) is 12.4. The first-order chi connectivity index (χ1) is 12.1. The average molecular weight is 437 g/mol. The number of amides is 2. The van der Waals surface area contributed by atoms with Crippen LogP contribution in [-0.4, -0.2) is 38.4 Å². The molecule has 0 bridgehead atoms. The van der Waals surface area contributed by atoms with E-state index in [1.54, 1.807) is 6.92 Å². The van der Waals surface area contributed by atoms with E-state index < -0.39 is 30.2 Å². The Balaban J connectivity index is 2.23. The highest BCUT2D eigenvalue weighted by Gasteiger charge is 2.38. The number of nitrogens with zero attached hydrogens (tertiary/aromatic N) is 4. The number of aromatic nitrogens is 4. The van der Waals surface area contributed by atoms with Crippen LogP contribution in [0.5, 0.6) is 0 Å². The molecular weight excluding hydrogens is 421 g/mol. The fraction of sp³-hybridized carbons (Fsp3) is 0.429. The van der Waals surface area contributed by atoms with E-state index in [1.165, 1.54) is 24.9 Å². The summed E-state index contributed by atoms with van der Waals surface area (Å²) in [6.45, 7) is 3.23. The van der Waals surface area contributed by atoms with Crippen molar-refractivity contribution in [1.29, 1.82) is 0 Å². The molecule has 12 heteroatoms. The quantitative estimate of drug-likeness (QED) is 0.750. The second-order valence-electron chi connectivity index (χ2n) is 5.28. The Bertz CT molecular complexity index is 843. The van der Waals surface area contributed by atoms with Crippen LogP contribution in [0.25, 0.3) is 0 Å². The number of carbonyl (C=O) groups excluding carboxylic acids is 2. The molecule has 0 radical (unpaired) electrons. The van der Waals surface area contributed by atoms with Crippen molar-refractivity contribution in [2.45, 2.75) is 33.1 Å². The van der Waals surface area contributed by atoms with Gasteiger partial charge in [0.2, 0.25) is 5.91 Å². The highest BCUT2D eigenvalue weighted by Crippen LogP contribution is 2.35. The standard InChI is InChI=1S/C14H16BrF3N6O2/c1-4-23-5-8(11(21-23)13(26)19-3)20-9(25)6-24-7(2)10(15)12(22-24)14(16,17)18/h5H,4,6H2,1-3H3,(H,19,26)(H,20,25). The number of anilines is 1. The maximum atomic E-state index is 12.9. The van der Waals surface area contributed by atoms with E-state index in [1.807, 2.05) is 0 Å². The van der Waals surface area contributed by atoms with Crippen molar-refractivity contribution in [2.24, 2.45) is 0 Å². The van der Waals surface area contributed by atoms with Gasteiger partial charge < -0.3 is 10.6 Å². The first-order valence-electron chi connectivity index (χ1n) is 7.47. The molecule has 2 rings (SSSR count). The Hall–Kier alpha value is -2.37. The van der Waals surface area contributed by atoms with Gasteiger partial charge in [-0.1, -0.05) is 0 Å². The minimum absolute atomic E-state index is 0.0112. The monoisotopic (exact) mass is 436 g/mol. The first kappa shape index (κ1) is 19.9. The second kappa shape index (κ2) is 7.48. The zero-order valence-corrected chi connectivity index (χ0v) is 15.7. The van der Waals surface area contributed by atoms with E-state index in [-0.39, 0.29) is 21.5 Å². The van der Waals surface area contributed by atoms with Crippen LogP contribution in [0.2, 0.25) is 0 Å². The SMILES string of the molecule is CCn1cc(NC(=O)Cn2nc(C(F)(F)F)c(Br)c2C)c(C(=O)NC)n1. The lowest BCUT2D eigenvalue weighted by atomic mass is 10.3. The Morgan fingerprint density at radius 2 is 1.96 bits per heavy atom. The van der Waals surface area contributed by atoms with Gasteiger partial charge in [0.15, 0.2) is 11.4 Å². The van der Waals surface area contributed by atoms with Crippen LogP contribution in [0, 0.1) is 6.92 Å². The third kappa shape index (κ3) is 4.06. The maximum Gasteiger partial charge on any atom is 0.436 e. The molecular formula is C14H16BrF3N6O2. The van der Waals surface area contributed by atoms with Gasteiger partial charge >= 0.3 is 6.18 Å². The van der Waals surface area contributed by atoms with E-state index in [0.717, 1.165) is 4.68 Å². The molecule has 0 saturated carbocycles. The molecule has 0 aliphatic carbocycles. The number of hydrogen-bond donors (Lipinski definition) is 2. The zero-order valence-electron chi connectivity index (χ0n) is 14.1. The van der Waals surface area contributed by atoms with Crippen molar-refractivity contribution in [1.82, 2.24) is 24.9 Å². The van der Waals surface area contributed by atoms with E-state index in [0.29, 0.717) is 6.54 Å². The molecule has 2 aromatic heterocycles. The van der Waals surface area contributed by atoms with Crippen LogP contribution >= 0.6 is 15.9 Å².